The molecule has 1 aromatic rings. The Morgan fingerprint density at radius 2 is 1.90 bits per heavy atom. The molecule has 1 aromatic carbocycles. The van der Waals surface area contributed by atoms with Crippen LogP contribution in [0.15, 0.2) is 12.1 Å². The number of rotatable bonds is 9. The highest BCUT2D eigenvalue weighted by Gasteiger charge is 2.14. The number of aliphatic hydroxyl groups excluding tert-OH is 1. The number of aliphatic hydroxyl groups is 1. The van der Waals surface area contributed by atoms with Crippen molar-refractivity contribution in [2.75, 3.05) is 27.4 Å². The molecule has 0 aliphatic heterocycles. The molecule has 0 saturated heterocycles. The smallest absolute Gasteiger partial charge is 0.251 e. The summed E-state index contributed by atoms with van der Waals surface area (Å²) in [6.45, 7) is 0.812. The van der Waals surface area contributed by atoms with E-state index in [1.165, 1.54) is 14.2 Å². The van der Waals surface area contributed by atoms with Crippen LogP contribution in [-0.4, -0.2) is 38.4 Å². The second-order valence-electron chi connectivity index (χ2n) is 4.59. The first-order valence-corrected chi connectivity index (χ1v) is 7.32. The Bertz CT molecular complexity index is 465. The third-order valence-corrected chi connectivity index (χ3v) is 3.35. The normalized spacial score (nSPS) is 10.3. The van der Waals surface area contributed by atoms with E-state index in [2.05, 4.69) is 5.32 Å². The Kier molecular flexibility index (Phi) is 7.93. The Morgan fingerprint density at radius 1 is 1.19 bits per heavy atom. The molecular formula is C15H22ClNO4. The lowest BCUT2D eigenvalue weighted by molar-refractivity contribution is 0.0952. The van der Waals surface area contributed by atoms with Crippen molar-refractivity contribution in [1.82, 2.24) is 5.32 Å². The summed E-state index contributed by atoms with van der Waals surface area (Å²) < 4.78 is 10.3. The molecule has 0 aromatic heterocycles. The molecule has 0 radical (unpaired) electrons. The lowest BCUT2D eigenvalue weighted by atomic mass is 10.1. The summed E-state index contributed by atoms with van der Waals surface area (Å²) in [5.74, 6) is 0.651. The number of carbonyl (C=O) groups is 1. The second kappa shape index (κ2) is 9.47. The highest BCUT2D eigenvalue weighted by Crippen LogP contribution is 2.35. The molecule has 118 valence electrons. The molecule has 21 heavy (non-hydrogen) atoms. The topological polar surface area (TPSA) is 67.8 Å². The number of nitrogens with one attached hydrogen (secondary N) is 1. The molecule has 0 heterocycles. The molecule has 0 aliphatic rings. The number of methoxy groups -OCH3 is 2. The lowest BCUT2D eigenvalue weighted by Gasteiger charge is -2.12. The largest absolute Gasteiger partial charge is 0.493 e. The molecular weight excluding hydrogens is 294 g/mol. The second-order valence-corrected chi connectivity index (χ2v) is 4.99. The van der Waals surface area contributed by atoms with Crippen LogP contribution in [0.2, 0.25) is 5.02 Å². The van der Waals surface area contributed by atoms with Crippen molar-refractivity contribution >= 4 is 17.5 Å². The van der Waals surface area contributed by atoms with Gasteiger partial charge < -0.3 is 19.9 Å². The van der Waals surface area contributed by atoms with Crippen molar-refractivity contribution in [3.05, 3.63) is 22.7 Å². The first-order valence-electron chi connectivity index (χ1n) is 6.94. The first-order chi connectivity index (χ1) is 10.1. The third kappa shape index (κ3) is 5.44. The fourth-order valence-corrected chi connectivity index (χ4v) is 2.23. The predicted molar refractivity (Wildman–Crippen MR) is 82.4 cm³/mol. The number of amides is 1. The van der Waals surface area contributed by atoms with Gasteiger partial charge in [-0.3, -0.25) is 4.79 Å². The van der Waals surface area contributed by atoms with Crippen molar-refractivity contribution in [3.8, 4) is 11.5 Å². The zero-order chi connectivity index (χ0) is 15.7. The van der Waals surface area contributed by atoms with Crippen LogP contribution in [0.5, 0.6) is 11.5 Å². The fraction of sp³-hybridized carbons (Fsp3) is 0.533. The minimum absolute atomic E-state index is 0.194. The van der Waals surface area contributed by atoms with E-state index in [1.807, 2.05) is 0 Å². The molecule has 0 aliphatic carbocycles. The van der Waals surface area contributed by atoms with Gasteiger partial charge in [0, 0.05) is 18.7 Å². The summed E-state index contributed by atoms with van der Waals surface area (Å²) in [7, 11) is 2.99. The van der Waals surface area contributed by atoms with Crippen LogP contribution in [0.4, 0.5) is 0 Å². The van der Waals surface area contributed by atoms with Crippen molar-refractivity contribution in [2.45, 2.75) is 25.7 Å². The number of hydrogen-bond acceptors (Lipinski definition) is 4. The summed E-state index contributed by atoms with van der Waals surface area (Å²) in [6.07, 6.45) is 3.63. The van der Waals surface area contributed by atoms with Crippen LogP contribution in [0.1, 0.15) is 36.0 Å². The zero-order valence-electron chi connectivity index (χ0n) is 12.4. The minimum atomic E-state index is -0.194. The van der Waals surface area contributed by atoms with Gasteiger partial charge in [-0.2, -0.15) is 0 Å². The summed E-state index contributed by atoms with van der Waals surface area (Å²) in [6, 6.07) is 3.16. The number of carbonyl (C=O) groups excluding carboxylic acids is 1. The Balaban J connectivity index is 2.56. The van der Waals surface area contributed by atoms with E-state index >= 15 is 0 Å². The van der Waals surface area contributed by atoms with Crippen molar-refractivity contribution in [3.63, 3.8) is 0 Å². The van der Waals surface area contributed by atoms with Gasteiger partial charge in [0.05, 0.1) is 19.2 Å². The van der Waals surface area contributed by atoms with Gasteiger partial charge in [0.15, 0.2) is 11.5 Å². The average molecular weight is 316 g/mol. The summed E-state index contributed by atoms with van der Waals surface area (Å²) in [5.41, 5.74) is 0.438. The molecule has 0 fully saturated rings. The molecule has 5 nitrogen and oxygen atoms in total. The molecule has 0 atom stereocenters. The van der Waals surface area contributed by atoms with Gasteiger partial charge in [0.2, 0.25) is 0 Å². The van der Waals surface area contributed by atoms with Gasteiger partial charge in [-0.05, 0) is 25.0 Å². The maximum absolute atomic E-state index is 12.0. The van der Waals surface area contributed by atoms with Gasteiger partial charge in [-0.1, -0.05) is 24.4 Å². The SMILES string of the molecule is COc1cc(C(=O)NCCCCCCO)cc(Cl)c1OC. The molecule has 2 N–H and O–H groups in total. The summed E-state index contributed by atoms with van der Waals surface area (Å²) >= 11 is 6.07. The van der Waals surface area contributed by atoms with E-state index < -0.39 is 0 Å². The molecule has 0 unspecified atom stereocenters. The van der Waals surface area contributed by atoms with Crippen LogP contribution in [0, 0.1) is 0 Å². The van der Waals surface area contributed by atoms with E-state index in [4.69, 9.17) is 26.2 Å². The van der Waals surface area contributed by atoms with Gasteiger partial charge in [-0.15, -0.1) is 0 Å². The number of halogens is 1. The highest BCUT2D eigenvalue weighted by atomic mass is 35.5. The number of unbranched alkanes of at least 4 members (excludes halogenated alkanes) is 3. The Labute approximate surface area is 130 Å². The van der Waals surface area contributed by atoms with E-state index in [1.54, 1.807) is 12.1 Å². The third-order valence-electron chi connectivity index (χ3n) is 3.07. The molecule has 1 rings (SSSR count). The van der Waals surface area contributed by atoms with Crippen LogP contribution < -0.4 is 14.8 Å². The molecule has 0 spiro atoms. The van der Waals surface area contributed by atoms with Crippen LogP contribution in [0.25, 0.3) is 0 Å². The Hall–Kier alpha value is -1.46. The Morgan fingerprint density at radius 3 is 2.52 bits per heavy atom. The van der Waals surface area contributed by atoms with Crippen molar-refractivity contribution in [2.24, 2.45) is 0 Å². The lowest BCUT2D eigenvalue weighted by Crippen LogP contribution is -2.24. The molecule has 6 heteroatoms. The van der Waals surface area contributed by atoms with E-state index in [9.17, 15) is 4.79 Å². The number of hydrogen-bond donors (Lipinski definition) is 2. The maximum atomic E-state index is 12.0. The van der Waals surface area contributed by atoms with Crippen molar-refractivity contribution in [1.29, 1.82) is 0 Å². The van der Waals surface area contributed by atoms with E-state index in [0.29, 0.717) is 28.6 Å². The minimum Gasteiger partial charge on any atom is -0.493 e. The first kappa shape index (κ1) is 17.6. The fourth-order valence-electron chi connectivity index (χ4n) is 1.94. The zero-order valence-corrected chi connectivity index (χ0v) is 13.2. The number of ether oxygens (including phenoxy) is 2. The highest BCUT2D eigenvalue weighted by molar-refractivity contribution is 6.32. The quantitative estimate of drug-likeness (QED) is 0.687. The molecule has 0 saturated carbocycles. The maximum Gasteiger partial charge on any atom is 0.251 e. The van der Waals surface area contributed by atoms with Gasteiger partial charge in [0.1, 0.15) is 0 Å². The van der Waals surface area contributed by atoms with Crippen LogP contribution in [0.3, 0.4) is 0 Å². The van der Waals surface area contributed by atoms with Gasteiger partial charge in [0.25, 0.3) is 5.91 Å². The van der Waals surface area contributed by atoms with Crippen molar-refractivity contribution < 1.29 is 19.4 Å². The molecule has 1 amide bonds. The molecule has 0 bridgehead atoms. The van der Waals surface area contributed by atoms with E-state index in [-0.39, 0.29) is 12.5 Å². The van der Waals surface area contributed by atoms with Crippen LogP contribution in [-0.2, 0) is 0 Å². The standard InChI is InChI=1S/C15H22ClNO4/c1-20-13-10-11(9-12(16)14(13)21-2)15(19)17-7-5-3-4-6-8-18/h9-10,18H,3-8H2,1-2H3,(H,17,19). The summed E-state index contributed by atoms with van der Waals surface area (Å²) in [4.78, 5) is 12.0. The summed E-state index contributed by atoms with van der Waals surface area (Å²) in [5, 5.41) is 11.8. The average Bonchev–Trinajstić information content (AvgIpc) is 2.49. The van der Waals surface area contributed by atoms with E-state index in [0.717, 1.165) is 25.7 Å². The van der Waals surface area contributed by atoms with Crippen LogP contribution >= 0.6 is 11.6 Å². The monoisotopic (exact) mass is 315 g/mol. The predicted octanol–water partition coefficient (Wildman–Crippen LogP) is 2.64. The van der Waals surface area contributed by atoms with Gasteiger partial charge >= 0.3 is 0 Å². The van der Waals surface area contributed by atoms with Gasteiger partial charge in [-0.25, -0.2) is 0 Å². The number of benzene rings is 1.